The summed E-state index contributed by atoms with van der Waals surface area (Å²) in [6, 6.07) is 0. The van der Waals surface area contributed by atoms with E-state index < -0.39 is 0 Å². The molecular weight excluding hydrogens is 372 g/mol. The van der Waals surface area contributed by atoms with Gasteiger partial charge in [-0.25, -0.2) is 4.98 Å². The molecule has 0 aliphatic carbocycles. The summed E-state index contributed by atoms with van der Waals surface area (Å²) >= 11 is 2.71. The van der Waals surface area contributed by atoms with Gasteiger partial charge in [-0.3, -0.25) is 19.0 Å². The highest BCUT2D eigenvalue weighted by Crippen LogP contribution is 2.28. The molecule has 0 fully saturated rings. The second-order valence-corrected chi connectivity index (χ2v) is 8.55. The number of hydrogen-bond acceptors (Lipinski definition) is 6. The largest absolute Gasteiger partial charge is 0.358 e. The molecule has 0 radical (unpaired) electrons. The number of hydrogen-bond donors (Lipinski definition) is 2. The number of fused-ring (bicyclic) bond motifs is 1. The molecule has 2 rings (SSSR count). The van der Waals surface area contributed by atoms with E-state index in [1.54, 1.807) is 4.57 Å². The first-order chi connectivity index (χ1) is 12.2. The van der Waals surface area contributed by atoms with Crippen molar-refractivity contribution in [1.82, 2.24) is 20.2 Å². The summed E-state index contributed by atoms with van der Waals surface area (Å²) in [4.78, 5) is 42.6. The average Bonchev–Trinajstić information content (AvgIpc) is 2.87. The number of carbonyl (C=O) groups excluding carboxylic acids is 2. The van der Waals surface area contributed by atoms with Crippen LogP contribution in [-0.4, -0.2) is 40.7 Å². The SMILES string of the molecule is CNC(=O)CNC(=O)CSc1nc2sc(C)c(C)c2c(=O)n1CC(C)C. The van der Waals surface area contributed by atoms with Crippen molar-refractivity contribution in [1.29, 1.82) is 0 Å². The third kappa shape index (κ3) is 4.64. The summed E-state index contributed by atoms with van der Waals surface area (Å²) in [5.74, 6) is -0.170. The van der Waals surface area contributed by atoms with Gasteiger partial charge in [-0.1, -0.05) is 25.6 Å². The second kappa shape index (κ2) is 8.68. The third-order valence-corrected chi connectivity index (χ3v) is 5.94. The Morgan fingerprint density at radius 1 is 1.27 bits per heavy atom. The number of rotatable bonds is 7. The van der Waals surface area contributed by atoms with Crippen molar-refractivity contribution in [2.45, 2.75) is 39.4 Å². The highest BCUT2D eigenvalue weighted by molar-refractivity contribution is 7.99. The van der Waals surface area contributed by atoms with Crippen LogP contribution in [0.2, 0.25) is 0 Å². The van der Waals surface area contributed by atoms with Gasteiger partial charge in [0.1, 0.15) is 4.83 Å². The van der Waals surface area contributed by atoms with Gasteiger partial charge < -0.3 is 10.6 Å². The zero-order valence-electron chi connectivity index (χ0n) is 15.6. The van der Waals surface area contributed by atoms with E-state index in [9.17, 15) is 14.4 Å². The maximum atomic E-state index is 13.0. The standard InChI is InChI=1S/C17H24N4O3S2/c1-9(2)7-21-16(24)14-10(3)11(4)26-15(14)20-17(21)25-8-13(23)19-6-12(22)18-5/h9H,6-8H2,1-5H3,(H,18,22)(H,19,23). The van der Waals surface area contributed by atoms with Crippen LogP contribution < -0.4 is 16.2 Å². The Hall–Kier alpha value is -1.87. The molecular formula is C17H24N4O3S2. The highest BCUT2D eigenvalue weighted by Gasteiger charge is 2.18. The Morgan fingerprint density at radius 2 is 1.96 bits per heavy atom. The van der Waals surface area contributed by atoms with Crippen LogP contribution >= 0.6 is 23.1 Å². The number of thiophene rings is 1. The van der Waals surface area contributed by atoms with E-state index in [4.69, 9.17) is 0 Å². The van der Waals surface area contributed by atoms with Crippen molar-refractivity contribution in [2.24, 2.45) is 5.92 Å². The van der Waals surface area contributed by atoms with Crippen LogP contribution in [0.1, 0.15) is 24.3 Å². The van der Waals surface area contributed by atoms with Crippen molar-refractivity contribution < 1.29 is 9.59 Å². The van der Waals surface area contributed by atoms with Gasteiger partial charge in [0.15, 0.2) is 5.16 Å². The van der Waals surface area contributed by atoms with Crippen molar-refractivity contribution in [3.63, 3.8) is 0 Å². The van der Waals surface area contributed by atoms with Crippen LogP contribution in [0, 0.1) is 19.8 Å². The molecule has 7 nitrogen and oxygen atoms in total. The molecule has 0 spiro atoms. The van der Waals surface area contributed by atoms with Crippen LogP contribution in [0.5, 0.6) is 0 Å². The van der Waals surface area contributed by atoms with Crippen LogP contribution in [0.4, 0.5) is 0 Å². The number of amides is 2. The molecule has 2 N–H and O–H groups in total. The van der Waals surface area contributed by atoms with E-state index in [1.165, 1.54) is 30.1 Å². The van der Waals surface area contributed by atoms with E-state index in [0.29, 0.717) is 21.9 Å². The quantitative estimate of drug-likeness (QED) is 0.549. The molecule has 2 aromatic rings. The Labute approximate surface area is 160 Å². The van der Waals surface area contributed by atoms with Crippen molar-refractivity contribution >= 4 is 45.1 Å². The summed E-state index contributed by atoms with van der Waals surface area (Å²) in [5, 5.41) is 6.19. The molecule has 2 heterocycles. The Kier molecular flexibility index (Phi) is 6.82. The van der Waals surface area contributed by atoms with E-state index in [1.807, 2.05) is 27.7 Å². The van der Waals surface area contributed by atoms with Crippen LogP contribution in [-0.2, 0) is 16.1 Å². The van der Waals surface area contributed by atoms with Crippen molar-refractivity contribution in [2.75, 3.05) is 19.3 Å². The first kappa shape index (κ1) is 20.4. The lowest BCUT2D eigenvalue weighted by molar-refractivity contribution is -0.124. The maximum Gasteiger partial charge on any atom is 0.263 e. The van der Waals surface area contributed by atoms with Crippen molar-refractivity contribution in [3.8, 4) is 0 Å². The molecule has 142 valence electrons. The Morgan fingerprint density at radius 3 is 2.58 bits per heavy atom. The maximum absolute atomic E-state index is 13.0. The fraction of sp³-hybridized carbons (Fsp3) is 0.529. The predicted octanol–water partition coefficient (Wildman–Crippen LogP) is 1.69. The molecule has 0 saturated heterocycles. The lowest BCUT2D eigenvalue weighted by Crippen LogP contribution is -2.36. The molecule has 2 amide bonds. The summed E-state index contributed by atoms with van der Waals surface area (Å²) < 4.78 is 1.66. The lowest BCUT2D eigenvalue weighted by Gasteiger charge is -2.14. The van der Waals surface area contributed by atoms with E-state index in [2.05, 4.69) is 15.6 Å². The molecule has 26 heavy (non-hydrogen) atoms. The highest BCUT2D eigenvalue weighted by atomic mass is 32.2. The Balaban J connectivity index is 2.29. The first-order valence-electron chi connectivity index (χ1n) is 8.35. The average molecular weight is 397 g/mol. The molecule has 0 saturated carbocycles. The Bertz CT molecular complexity index is 886. The topological polar surface area (TPSA) is 93.1 Å². The van der Waals surface area contributed by atoms with Crippen molar-refractivity contribution in [3.05, 3.63) is 20.8 Å². The van der Waals surface area contributed by atoms with E-state index in [0.717, 1.165) is 10.4 Å². The van der Waals surface area contributed by atoms with Gasteiger partial charge in [-0.2, -0.15) is 0 Å². The van der Waals surface area contributed by atoms with E-state index >= 15 is 0 Å². The number of aromatic nitrogens is 2. The minimum atomic E-state index is -0.275. The zero-order chi connectivity index (χ0) is 19.4. The van der Waals surface area contributed by atoms with Crippen LogP contribution in [0.3, 0.4) is 0 Å². The summed E-state index contributed by atoms with van der Waals surface area (Å²) in [6.07, 6.45) is 0. The van der Waals surface area contributed by atoms with Gasteiger partial charge in [0, 0.05) is 18.5 Å². The predicted molar refractivity (Wildman–Crippen MR) is 106 cm³/mol. The van der Waals surface area contributed by atoms with Gasteiger partial charge in [-0.15, -0.1) is 11.3 Å². The summed E-state index contributed by atoms with van der Waals surface area (Å²) in [6.45, 7) is 8.46. The molecule has 0 atom stereocenters. The van der Waals surface area contributed by atoms with Gasteiger partial charge in [-0.05, 0) is 25.3 Å². The molecule has 0 aromatic carbocycles. The fourth-order valence-electron chi connectivity index (χ4n) is 2.39. The normalized spacial score (nSPS) is 11.2. The molecule has 2 aromatic heterocycles. The molecule has 9 heteroatoms. The molecule has 0 unspecified atom stereocenters. The monoisotopic (exact) mass is 396 g/mol. The summed E-state index contributed by atoms with van der Waals surface area (Å²) in [7, 11) is 1.51. The van der Waals surface area contributed by atoms with Gasteiger partial charge in [0.25, 0.3) is 5.56 Å². The first-order valence-corrected chi connectivity index (χ1v) is 10.1. The van der Waals surface area contributed by atoms with Crippen LogP contribution in [0.15, 0.2) is 9.95 Å². The number of thioether (sulfide) groups is 1. The third-order valence-electron chi connectivity index (χ3n) is 3.86. The van der Waals surface area contributed by atoms with Gasteiger partial charge >= 0.3 is 0 Å². The number of nitrogens with one attached hydrogen (secondary N) is 2. The molecule has 0 aliphatic rings. The minimum Gasteiger partial charge on any atom is -0.358 e. The zero-order valence-corrected chi connectivity index (χ0v) is 17.3. The lowest BCUT2D eigenvalue weighted by atomic mass is 10.2. The number of nitrogens with zero attached hydrogens (tertiary/aromatic N) is 2. The number of aryl methyl sites for hydroxylation is 2. The van der Waals surface area contributed by atoms with Gasteiger partial charge in [0.05, 0.1) is 17.7 Å². The fourth-order valence-corrected chi connectivity index (χ4v) is 4.30. The number of carbonyl (C=O) groups is 2. The molecule has 0 aliphatic heterocycles. The van der Waals surface area contributed by atoms with Gasteiger partial charge in [0.2, 0.25) is 11.8 Å². The smallest absolute Gasteiger partial charge is 0.263 e. The summed E-state index contributed by atoms with van der Waals surface area (Å²) in [5.41, 5.74) is 0.915. The number of likely N-dealkylation sites (N-methyl/N-ethyl adjacent to an activating group) is 1. The van der Waals surface area contributed by atoms with E-state index in [-0.39, 0.29) is 35.6 Å². The van der Waals surface area contributed by atoms with Crippen LogP contribution in [0.25, 0.3) is 10.2 Å². The minimum absolute atomic E-state index is 0.0566. The second-order valence-electron chi connectivity index (χ2n) is 6.41. The molecule has 0 bridgehead atoms.